The Bertz CT molecular complexity index is 793. The Balaban J connectivity index is 2.01. The molecule has 2 aromatic heterocycles. The molecule has 5 nitrogen and oxygen atoms in total. The van der Waals surface area contributed by atoms with Crippen molar-refractivity contribution in [2.24, 2.45) is 0 Å². The maximum absolute atomic E-state index is 12.5. The number of hydrogen-bond acceptors (Lipinski definition) is 4. The summed E-state index contributed by atoms with van der Waals surface area (Å²) < 4.78 is 1.53. The molecule has 0 fully saturated rings. The smallest absolute Gasteiger partial charge is 0.198 e. The fourth-order valence-corrected chi connectivity index (χ4v) is 2.17. The zero-order valence-corrected chi connectivity index (χ0v) is 11.5. The molecule has 21 heavy (non-hydrogen) atoms. The number of aromatic nitrogens is 3. The van der Waals surface area contributed by atoms with Crippen LogP contribution in [0.15, 0.2) is 55.0 Å². The van der Waals surface area contributed by atoms with Crippen molar-refractivity contribution in [2.45, 2.75) is 6.92 Å². The minimum absolute atomic E-state index is 0.128. The average Bonchev–Trinajstić information content (AvgIpc) is 2.89. The van der Waals surface area contributed by atoms with Crippen LogP contribution in [-0.2, 0) is 0 Å². The number of carbonyl (C=O) groups is 1. The lowest BCUT2D eigenvalue weighted by atomic mass is 10.0. The van der Waals surface area contributed by atoms with Crippen molar-refractivity contribution in [3.8, 4) is 5.69 Å². The number of anilines is 1. The molecule has 3 aromatic rings. The molecule has 1 aromatic carbocycles. The Hall–Kier alpha value is -2.95. The van der Waals surface area contributed by atoms with Crippen molar-refractivity contribution in [3.63, 3.8) is 0 Å². The van der Waals surface area contributed by atoms with Crippen molar-refractivity contribution in [1.29, 1.82) is 0 Å². The van der Waals surface area contributed by atoms with Crippen LogP contribution in [0.1, 0.15) is 21.5 Å². The second kappa shape index (κ2) is 5.20. The van der Waals surface area contributed by atoms with Crippen LogP contribution in [0.5, 0.6) is 0 Å². The maximum Gasteiger partial charge on any atom is 0.198 e. The van der Waals surface area contributed by atoms with Gasteiger partial charge < -0.3 is 5.73 Å². The van der Waals surface area contributed by atoms with Crippen molar-refractivity contribution in [3.05, 3.63) is 71.7 Å². The predicted octanol–water partition coefficient (Wildman–Crippen LogP) is 2.39. The van der Waals surface area contributed by atoms with Gasteiger partial charge in [-0.2, -0.15) is 5.10 Å². The summed E-state index contributed by atoms with van der Waals surface area (Å²) in [6, 6.07) is 11.0. The SMILES string of the molecule is Cc1cccc(C(=O)c2cnn(-c3ccncc3)c2N)c1. The topological polar surface area (TPSA) is 73.8 Å². The summed E-state index contributed by atoms with van der Waals surface area (Å²) in [5.74, 6) is 0.198. The normalized spacial score (nSPS) is 10.5. The highest BCUT2D eigenvalue weighted by atomic mass is 16.1. The lowest BCUT2D eigenvalue weighted by Crippen LogP contribution is -2.07. The molecule has 104 valence electrons. The first-order chi connectivity index (χ1) is 10.2. The van der Waals surface area contributed by atoms with Crippen LogP contribution in [0.4, 0.5) is 5.82 Å². The van der Waals surface area contributed by atoms with Crippen molar-refractivity contribution < 1.29 is 4.79 Å². The van der Waals surface area contributed by atoms with Gasteiger partial charge in [-0.15, -0.1) is 0 Å². The van der Waals surface area contributed by atoms with Crippen LogP contribution >= 0.6 is 0 Å². The summed E-state index contributed by atoms with van der Waals surface area (Å²) in [6.07, 6.45) is 4.80. The summed E-state index contributed by atoms with van der Waals surface area (Å²) in [6.45, 7) is 1.94. The largest absolute Gasteiger partial charge is 0.383 e. The van der Waals surface area contributed by atoms with Gasteiger partial charge in [0, 0.05) is 18.0 Å². The van der Waals surface area contributed by atoms with Gasteiger partial charge in [0.2, 0.25) is 0 Å². The summed E-state index contributed by atoms with van der Waals surface area (Å²) in [5, 5.41) is 4.20. The zero-order valence-electron chi connectivity index (χ0n) is 11.5. The van der Waals surface area contributed by atoms with E-state index in [1.807, 2.05) is 25.1 Å². The first-order valence-electron chi connectivity index (χ1n) is 6.52. The molecule has 0 aliphatic heterocycles. The molecule has 3 rings (SSSR count). The molecule has 2 N–H and O–H groups in total. The molecule has 0 bridgehead atoms. The number of benzene rings is 1. The van der Waals surface area contributed by atoms with Crippen LogP contribution in [0, 0.1) is 6.92 Å². The zero-order chi connectivity index (χ0) is 14.8. The molecule has 5 heteroatoms. The van der Waals surface area contributed by atoms with Gasteiger partial charge >= 0.3 is 0 Å². The third kappa shape index (κ3) is 2.41. The molecule has 0 aliphatic rings. The number of aryl methyl sites for hydroxylation is 1. The minimum atomic E-state index is -0.128. The highest BCUT2D eigenvalue weighted by molar-refractivity contribution is 6.11. The molecule has 0 spiro atoms. The molecule has 0 radical (unpaired) electrons. The van der Waals surface area contributed by atoms with Gasteiger partial charge in [-0.25, -0.2) is 4.68 Å². The van der Waals surface area contributed by atoms with E-state index in [4.69, 9.17) is 5.73 Å². The Morgan fingerprint density at radius 3 is 2.67 bits per heavy atom. The van der Waals surface area contributed by atoms with E-state index in [0.29, 0.717) is 16.9 Å². The number of nitrogens with zero attached hydrogens (tertiary/aromatic N) is 3. The summed E-state index contributed by atoms with van der Waals surface area (Å²) in [5.41, 5.74) is 8.88. The summed E-state index contributed by atoms with van der Waals surface area (Å²) in [7, 11) is 0. The first-order valence-corrected chi connectivity index (χ1v) is 6.52. The van der Waals surface area contributed by atoms with Gasteiger partial charge in [0.15, 0.2) is 5.78 Å². The van der Waals surface area contributed by atoms with Gasteiger partial charge in [-0.3, -0.25) is 9.78 Å². The molecule has 0 saturated carbocycles. The Kier molecular flexibility index (Phi) is 3.23. The lowest BCUT2D eigenvalue weighted by Gasteiger charge is -2.05. The van der Waals surface area contributed by atoms with E-state index in [2.05, 4.69) is 10.1 Å². The molecule has 0 unspecified atom stereocenters. The van der Waals surface area contributed by atoms with E-state index in [1.54, 1.807) is 30.6 Å². The number of pyridine rings is 1. The van der Waals surface area contributed by atoms with Gasteiger partial charge in [0.05, 0.1) is 17.4 Å². The van der Waals surface area contributed by atoms with Crippen molar-refractivity contribution in [2.75, 3.05) is 5.73 Å². The monoisotopic (exact) mass is 278 g/mol. The van der Waals surface area contributed by atoms with Crippen LogP contribution in [0.25, 0.3) is 5.69 Å². The van der Waals surface area contributed by atoms with E-state index in [9.17, 15) is 4.79 Å². The first kappa shape index (κ1) is 13.1. The molecule has 0 saturated heterocycles. The van der Waals surface area contributed by atoms with E-state index >= 15 is 0 Å². The standard InChI is InChI=1S/C16H14N4O/c1-11-3-2-4-12(9-11)15(21)14-10-19-20(16(14)17)13-5-7-18-8-6-13/h2-10H,17H2,1H3. The maximum atomic E-state index is 12.5. The number of nitrogens with two attached hydrogens (primary N) is 1. The Morgan fingerprint density at radius 1 is 1.19 bits per heavy atom. The van der Waals surface area contributed by atoms with E-state index in [-0.39, 0.29) is 5.78 Å². The van der Waals surface area contributed by atoms with Crippen molar-refractivity contribution in [1.82, 2.24) is 14.8 Å². The summed E-state index contributed by atoms with van der Waals surface area (Å²) >= 11 is 0. The number of nitrogen functional groups attached to an aromatic ring is 1. The third-order valence-corrected chi connectivity index (χ3v) is 3.24. The minimum Gasteiger partial charge on any atom is -0.383 e. The fourth-order valence-electron chi connectivity index (χ4n) is 2.17. The van der Waals surface area contributed by atoms with Gasteiger partial charge in [0.1, 0.15) is 5.82 Å². The van der Waals surface area contributed by atoms with Crippen molar-refractivity contribution >= 4 is 11.6 Å². The third-order valence-electron chi connectivity index (χ3n) is 3.24. The second-order valence-corrected chi connectivity index (χ2v) is 4.76. The van der Waals surface area contributed by atoms with Crippen LogP contribution in [-0.4, -0.2) is 20.5 Å². The quantitative estimate of drug-likeness (QED) is 0.746. The second-order valence-electron chi connectivity index (χ2n) is 4.76. The van der Waals surface area contributed by atoms with Gasteiger partial charge in [-0.05, 0) is 25.1 Å². The highest BCUT2D eigenvalue weighted by Crippen LogP contribution is 2.20. The average molecular weight is 278 g/mol. The number of rotatable bonds is 3. The Labute approximate surface area is 122 Å². The molecule has 0 amide bonds. The number of hydrogen-bond donors (Lipinski definition) is 1. The summed E-state index contributed by atoms with van der Waals surface area (Å²) in [4.78, 5) is 16.5. The van der Waals surface area contributed by atoms with Gasteiger partial charge in [-0.1, -0.05) is 23.8 Å². The molecule has 0 aliphatic carbocycles. The van der Waals surface area contributed by atoms with Crippen LogP contribution < -0.4 is 5.73 Å². The van der Waals surface area contributed by atoms with E-state index < -0.39 is 0 Å². The molecular weight excluding hydrogens is 264 g/mol. The highest BCUT2D eigenvalue weighted by Gasteiger charge is 2.17. The predicted molar refractivity (Wildman–Crippen MR) is 80.4 cm³/mol. The van der Waals surface area contributed by atoms with E-state index in [1.165, 1.54) is 10.9 Å². The van der Waals surface area contributed by atoms with Gasteiger partial charge in [0.25, 0.3) is 0 Å². The molecular formula is C16H14N4O. The fraction of sp³-hybridized carbons (Fsp3) is 0.0625. The van der Waals surface area contributed by atoms with E-state index in [0.717, 1.165) is 11.3 Å². The van der Waals surface area contributed by atoms with Crippen LogP contribution in [0.3, 0.4) is 0 Å². The lowest BCUT2D eigenvalue weighted by molar-refractivity contribution is 0.103. The molecule has 2 heterocycles. The molecule has 0 atom stereocenters. The number of ketones is 1. The number of carbonyl (C=O) groups excluding carboxylic acids is 1. The van der Waals surface area contributed by atoms with Crippen LogP contribution in [0.2, 0.25) is 0 Å². The Morgan fingerprint density at radius 2 is 1.95 bits per heavy atom.